The number of thioether (sulfide) groups is 1. The maximum Gasteiger partial charge on any atom is 0.322 e. The van der Waals surface area contributed by atoms with Crippen molar-refractivity contribution in [1.82, 2.24) is 10.2 Å². The predicted molar refractivity (Wildman–Crippen MR) is 96.3 cm³/mol. The Morgan fingerprint density at radius 3 is 2.83 bits per heavy atom. The van der Waals surface area contributed by atoms with Gasteiger partial charge in [0.25, 0.3) is 5.91 Å². The first-order valence-corrected chi connectivity index (χ1v) is 9.22. The maximum atomic E-state index is 12.5. The molecule has 0 saturated carbocycles. The Kier molecular flexibility index (Phi) is 6.33. The molecule has 1 aliphatic rings. The first-order chi connectivity index (χ1) is 11.0. The molecule has 0 radical (unpaired) electrons. The zero-order valence-corrected chi connectivity index (χ0v) is 14.8. The molecule has 1 unspecified atom stereocenters. The van der Waals surface area contributed by atoms with Crippen LogP contribution in [0.25, 0.3) is 0 Å². The summed E-state index contributed by atoms with van der Waals surface area (Å²) in [5.74, 6) is 1.99. The molecule has 5 nitrogen and oxygen atoms in total. The monoisotopic (exact) mass is 335 g/mol. The Balaban J connectivity index is 2.07. The van der Waals surface area contributed by atoms with Gasteiger partial charge in [0, 0.05) is 36.1 Å². The van der Waals surface area contributed by atoms with E-state index in [4.69, 9.17) is 0 Å². The molecule has 1 atom stereocenters. The van der Waals surface area contributed by atoms with Crippen molar-refractivity contribution in [2.45, 2.75) is 33.2 Å². The molecule has 3 amide bonds. The normalized spacial score (nSPS) is 18.2. The number of amides is 3. The molecule has 0 bridgehead atoms. The number of nitrogens with zero attached hydrogens (tertiary/aromatic N) is 1. The van der Waals surface area contributed by atoms with Crippen molar-refractivity contribution in [3.8, 4) is 0 Å². The highest BCUT2D eigenvalue weighted by atomic mass is 32.2. The SMILES string of the molecule is CCNC(=O)c1ccc(NC(=O)N2CCSCCC2C)c(C)c1. The van der Waals surface area contributed by atoms with E-state index in [2.05, 4.69) is 17.6 Å². The quantitative estimate of drug-likeness (QED) is 0.892. The van der Waals surface area contributed by atoms with E-state index < -0.39 is 0 Å². The Hall–Kier alpha value is -1.69. The summed E-state index contributed by atoms with van der Waals surface area (Å²) in [7, 11) is 0. The topological polar surface area (TPSA) is 61.4 Å². The van der Waals surface area contributed by atoms with E-state index in [-0.39, 0.29) is 18.0 Å². The van der Waals surface area contributed by atoms with Crippen molar-refractivity contribution >= 4 is 29.4 Å². The molecule has 6 heteroatoms. The van der Waals surface area contributed by atoms with Crippen molar-refractivity contribution in [2.24, 2.45) is 0 Å². The third-order valence-corrected chi connectivity index (χ3v) is 5.01. The molecule has 1 aromatic carbocycles. The van der Waals surface area contributed by atoms with Crippen LogP contribution in [-0.2, 0) is 0 Å². The number of rotatable bonds is 3. The molecular formula is C17H25N3O2S. The second-order valence-corrected chi connectivity index (χ2v) is 6.99. The highest BCUT2D eigenvalue weighted by Crippen LogP contribution is 2.20. The van der Waals surface area contributed by atoms with Crippen molar-refractivity contribution in [1.29, 1.82) is 0 Å². The summed E-state index contributed by atoms with van der Waals surface area (Å²) in [6, 6.07) is 5.54. The number of aryl methyl sites for hydroxylation is 1. The summed E-state index contributed by atoms with van der Waals surface area (Å²) < 4.78 is 0. The molecule has 0 spiro atoms. The number of hydrogen-bond acceptors (Lipinski definition) is 3. The second kappa shape index (κ2) is 8.24. The van der Waals surface area contributed by atoms with Crippen LogP contribution in [0.5, 0.6) is 0 Å². The van der Waals surface area contributed by atoms with E-state index in [0.29, 0.717) is 12.1 Å². The molecule has 1 aromatic rings. The summed E-state index contributed by atoms with van der Waals surface area (Å²) in [6.07, 6.45) is 1.02. The minimum Gasteiger partial charge on any atom is -0.352 e. The number of carbonyl (C=O) groups is 2. The largest absolute Gasteiger partial charge is 0.352 e. The molecule has 2 rings (SSSR count). The number of benzene rings is 1. The van der Waals surface area contributed by atoms with Crippen LogP contribution in [0, 0.1) is 6.92 Å². The molecule has 0 aliphatic carbocycles. The van der Waals surface area contributed by atoms with Gasteiger partial charge >= 0.3 is 6.03 Å². The van der Waals surface area contributed by atoms with Crippen molar-refractivity contribution < 1.29 is 9.59 Å². The van der Waals surface area contributed by atoms with Gasteiger partial charge < -0.3 is 15.5 Å². The molecule has 1 fully saturated rings. The van der Waals surface area contributed by atoms with Gasteiger partial charge in [0.05, 0.1) is 0 Å². The van der Waals surface area contributed by atoms with Crippen LogP contribution in [-0.4, -0.2) is 47.5 Å². The average Bonchev–Trinajstić information content (AvgIpc) is 2.74. The van der Waals surface area contributed by atoms with Crippen LogP contribution < -0.4 is 10.6 Å². The van der Waals surface area contributed by atoms with Gasteiger partial charge in [-0.2, -0.15) is 11.8 Å². The number of nitrogens with one attached hydrogen (secondary N) is 2. The maximum absolute atomic E-state index is 12.5. The van der Waals surface area contributed by atoms with Gasteiger partial charge in [0.2, 0.25) is 0 Å². The molecule has 23 heavy (non-hydrogen) atoms. The summed E-state index contributed by atoms with van der Waals surface area (Å²) >= 11 is 1.89. The van der Waals surface area contributed by atoms with Crippen molar-refractivity contribution in [2.75, 3.05) is 29.9 Å². The fraction of sp³-hybridized carbons (Fsp3) is 0.529. The summed E-state index contributed by atoms with van der Waals surface area (Å²) in [4.78, 5) is 26.3. The average molecular weight is 335 g/mol. The first kappa shape index (κ1) is 17.7. The fourth-order valence-electron chi connectivity index (χ4n) is 2.59. The van der Waals surface area contributed by atoms with Crippen molar-refractivity contribution in [3.05, 3.63) is 29.3 Å². The number of hydrogen-bond donors (Lipinski definition) is 2. The van der Waals surface area contributed by atoms with Crippen molar-refractivity contribution in [3.63, 3.8) is 0 Å². The summed E-state index contributed by atoms with van der Waals surface area (Å²) in [5.41, 5.74) is 2.26. The minimum atomic E-state index is -0.0911. The van der Waals surface area contributed by atoms with Crippen LogP contribution >= 0.6 is 11.8 Å². The first-order valence-electron chi connectivity index (χ1n) is 8.07. The number of anilines is 1. The van der Waals surface area contributed by atoms with E-state index in [1.165, 1.54) is 0 Å². The third kappa shape index (κ3) is 4.64. The molecular weight excluding hydrogens is 310 g/mol. The summed E-state index contributed by atoms with van der Waals surface area (Å²) in [6.45, 7) is 7.26. The zero-order valence-electron chi connectivity index (χ0n) is 14.0. The van der Waals surface area contributed by atoms with Gasteiger partial charge in [0.15, 0.2) is 0 Å². The Morgan fingerprint density at radius 2 is 2.13 bits per heavy atom. The molecule has 126 valence electrons. The van der Waals surface area contributed by atoms with Crippen LogP contribution in [0.15, 0.2) is 18.2 Å². The zero-order chi connectivity index (χ0) is 16.8. The third-order valence-electron chi connectivity index (χ3n) is 4.02. The highest BCUT2D eigenvalue weighted by Gasteiger charge is 2.22. The van der Waals surface area contributed by atoms with Crippen LogP contribution in [0.1, 0.15) is 36.2 Å². The predicted octanol–water partition coefficient (Wildman–Crippen LogP) is 3.10. The van der Waals surface area contributed by atoms with Gasteiger partial charge in [-0.25, -0.2) is 4.79 Å². The number of urea groups is 1. The van der Waals surface area contributed by atoms with Crippen LogP contribution in [0.4, 0.5) is 10.5 Å². The molecule has 2 N–H and O–H groups in total. The second-order valence-electron chi connectivity index (χ2n) is 5.76. The van der Waals surface area contributed by atoms with E-state index in [9.17, 15) is 9.59 Å². The summed E-state index contributed by atoms with van der Waals surface area (Å²) in [5, 5.41) is 5.76. The standard InChI is InChI=1S/C17H25N3O2S/c1-4-18-16(21)14-5-6-15(12(2)11-14)19-17(22)20-8-10-23-9-7-13(20)3/h5-6,11,13H,4,7-10H2,1-3H3,(H,18,21)(H,19,22). The molecule has 1 aliphatic heterocycles. The molecule has 1 saturated heterocycles. The lowest BCUT2D eigenvalue weighted by Crippen LogP contribution is -2.42. The van der Waals surface area contributed by atoms with E-state index >= 15 is 0 Å². The highest BCUT2D eigenvalue weighted by molar-refractivity contribution is 7.99. The number of carbonyl (C=O) groups excluding carboxylic acids is 2. The Labute approximate surface area is 142 Å². The molecule has 0 aromatic heterocycles. The lowest BCUT2D eigenvalue weighted by molar-refractivity contribution is 0.0955. The van der Waals surface area contributed by atoms with E-state index in [1.807, 2.05) is 36.6 Å². The van der Waals surface area contributed by atoms with Gasteiger partial charge in [0.1, 0.15) is 0 Å². The lowest BCUT2D eigenvalue weighted by Gasteiger charge is -2.27. The molecule has 1 heterocycles. The van der Waals surface area contributed by atoms with Gasteiger partial charge in [-0.05, 0) is 56.7 Å². The lowest BCUT2D eigenvalue weighted by atomic mass is 10.1. The van der Waals surface area contributed by atoms with E-state index in [0.717, 1.165) is 35.7 Å². The minimum absolute atomic E-state index is 0.0612. The van der Waals surface area contributed by atoms with Gasteiger partial charge in [-0.15, -0.1) is 0 Å². The van der Waals surface area contributed by atoms with Gasteiger partial charge in [-0.1, -0.05) is 0 Å². The van der Waals surface area contributed by atoms with E-state index in [1.54, 1.807) is 12.1 Å². The van der Waals surface area contributed by atoms with Crippen LogP contribution in [0.2, 0.25) is 0 Å². The fourth-order valence-corrected chi connectivity index (χ4v) is 3.63. The Bertz CT molecular complexity index is 577. The van der Waals surface area contributed by atoms with Crippen LogP contribution in [0.3, 0.4) is 0 Å². The Morgan fingerprint density at radius 1 is 1.35 bits per heavy atom. The van der Waals surface area contributed by atoms with Gasteiger partial charge in [-0.3, -0.25) is 4.79 Å². The smallest absolute Gasteiger partial charge is 0.322 e.